The summed E-state index contributed by atoms with van der Waals surface area (Å²) in [7, 11) is 4.03. The van der Waals surface area contributed by atoms with Gasteiger partial charge in [-0.3, -0.25) is 4.68 Å². The average Bonchev–Trinajstić information content (AvgIpc) is 2.93. The van der Waals surface area contributed by atoms with Crippen molar-refractivity contribution in [3.8, 4) is 11.1 Å². The van der Waals surface area contributed by atoms with Crippen molar-refractivity contribution in [3.63, 3.8) is 0 Å². The summed E-state index contributed by atoms with van der Waals surface area (Å²) in [4.78, 5) is 1.38. The highest BCUT2D eigenvalue weighted by Crippen LogP contribution is 2.31. The number of nitrogens with zero attached hydrogens (tertiary/aromatic N) is 2. The SMILES string of the molecule is CCc1nn(C)c(CC)c1-c1csc(CNC)c1. The van der Waals surface area contributed by atoms with Crippen LogP contribution >= 0.6 is 11.3 Å². The van der Waals surface area contributed by atoms with Crippen LogP contribution in [0, 0.1) is 0 Å². The molecule has 18 heavy (non-hydrogen) atoms. The van der Waals surface area contributed by atoms with Crippen LogP contribution < -0.4 is 5.32 Å². The van der Waals surface area contributed by atoms with E-state index in [4.69, 9.17) is 0 Å². The van der Waals surface area contributed by atoms with E-state index in [1.54, 1.807) is 0 Å². The van der Waals surface area contributed by atoms with Crippen molar-refractivity contribution in [3.05, 3.63) is 27.7 Å². The van der Waals surface area contributed by atoms with Gasteiger partial charge in [0.15, 0.2) is 0 Å². The van der Waals surface area contributed by atoms with Crippen LogP contribution in [-0.4, -0.2) is 16.8 Å². The smallest absolute Gasteiger partial charge is 0.0703 e. The molecule has 0 radical (unpaired) electrons. The standard InChI is InChI=1S/C14H21N3S/c1-5-12-14(13(6-2)17(4)16-12)10-7-11(8-15-3)18-9-10/h7,9,15H,5-6,8H2,1-4H3. The zero-order valence-electron chi connectivity index (χ0n) is 11.6. The Morgan fingerprint density at radius 3 is 2.72 bits per heavy atom. The Balaban J connectivity index is 2.47. The molecule has 0 bridgehead atoms. The molecule has 98 valence electrons. The molecule has 2 heterocycles. The molecule has 2 aromatic heterocycles. The van der Waals surface area contributed by atoms with Crippen molar-refractivity contribution in [1.29, 1.82) is 0 Å². The van der Waals surface area contributed by atoms with E-state index < -0.39 is 0 Å². The highest BCUT2D eigenvalue weighted by molar-refractivity contribution is 7.10. The second-order valence-electron chi connectivity index (χ2n) is 4.43. The van der Waals surface area contributed by atoms with Gasteiger partial charge in [-0.15, -0.1) is 11.3 Å². The number of hydrogen-bond donors (Lipinski definition) is 1. The van der Waals surface area contributed by atoms with Gasteiger partial charge in [0.2, 0.25) is 0 Å². The van der Waals surface area contributed by atoms with E-state index in [2.05, 4.69) is 35.7 Å². The highest BCUT2D eigenvalue weighted by Gasteiger charge is 2.16. The van der Waals surface area contributed by atoms with Gasteiger partial charge in [-0.2, -0.15) is 5.10 Å². The molecular weight excluding hydrogens is 242 g/mol. The Morgan fingerprint density at radius 2 is 2.11 bits per heavy atom. The largest absolute Gasteiger partial charge is 0.315 e. The minimum atomic E-state index is 0.938. The highest BCUT2D eigenvalue weighted by atomic mass is 32.1. The molecule has 0 amide bonds. The summed E-state index contributed by atoms with van der Waals surface area (Å²) >= 11 is 1.82. The van der Waals surface area contributed by atoms with Crippen molar-refractivity contribution < 1.29 is 0 Å². The number of aryl methyl sites for hydroxylation is 2. The first-order chi connectivity index (χ1) is 8.71. The lowest BCUT2D eigenvalue weighted by Crippen LogP contribution is -2.02. The molecule has 0 aliphatic carbocycles. The summed E-state index contributed by atoms with van der Waals surface area (Å²) in [6.45, 7) is 5.31. The van der Waals surface area contributed by atoms with Crippen LogP contribution in [-0.2, 0) is 26.4 Å². The molecule has 0 atom stereocenters. The van der Waals surface area contributed by atoms with Gasteiger partial charge in [0.05, 0.1) is 5.69 Å². The Hall–Kier alpha value is -1.13. The lowest BCUT2D eigenvalue weighted by atomic mass is 10.0. The van der Waals surface area contributed by atoms with E-state index in [0.29, 0.717) is 0 Å². The summed E-state index contributed by atoms with van der Waals surface area (Å²) in [6, 6.07) is 2.29. The molecule has 0 fully saturated rings. The Bertz CT molecular complexity index is 525. The topological polar surface area (TPSA) is 29.9 Å². The Morgan fingerprint density at radius 1 is 1.33 bits per heavy atom. The molecule has 4 heteroatoms. The molecule has 0 aliphatic heterocycles. The normalized spacial score (nSPS) is 11.1. The monoisotopic (exact) mass is 263 g/mol. The molecule has 2 rings (SSSR count). The summed E-state index contributed by atoms with van der Waals surface area (Å²) in [5, 5.41) is 10.1. The van der Waals surface area contributed by atoms with Gasteiger partial charge in [0, 0.05) is 29.7 Å². The molecular formula is C14H21N3S. The fourth-order valence-corrected chi connectivity index (χ4v) is 3.27. The number of aromatic nitrogens is 2. The summed E-state index contributed by atoms with van der Waals surface area (Å²) in [6.07, 6.45) is 2.01. The lowest BCUT2D eigenvalue weighted by Gasteiger charge is -2.02. The molecule has 0 saturated heterocycles. The molecule has 0 saturated carbocycles. The second kappa shape index (κ2) is 5.67. The molecule has 3 nitrogen and oxygen atoms in total. The van der Waals surface area contributed by atoms with Gasteiger partial charge >= 0.3 is 0 Å². The molecule has 0 aromatic carbocycles. The average molecular weight is 263 g/mol. The molecule has 0 spiro atoms. The quantitative estimate of drug-likeness (QED) is 0.898. The van der Waals surface area contributed by atoms with Crippen molar-refractivity contribution in [2.75, 3.05) is 7.05 Å². The molecule has 2 aromatic rings. The maximum absolute atomic E-state index is 4.64. The predicted molar refractivity (Wildman–Crippen MR) is 78.0 cm³/mol. The first-order valence-corrected chi connectivity index (χ1v) is 7.36. The minimum Gasteiger partial charge on any atom is -0.315 e. The minimum absolute atomic E-state index is 0.938. The van der Waals surface area contributed by atoms with Crippen LogP contribution in [0.3, 0.4) is 0 Å². The summed E-state index contributed by atoms with van der Waals surface area (Å²) < 4.78 is 2.03. The van der Waals surface area contributed by atoms with E-state index in [1.165, 1.54) is 27.4 Å². The van der Waals surface area contributed by atoms with Gasteiger partial charge in [-0.05, 0) is 36.9 Å². The van der Waals surface area contributed by atoms with E-state index in [-0.39, 0.29) is 0 Å². The van der Waals surface area contributed by atoms with Crippen LogP contribution in [0.25, 0.3) is 11.1 Å². The van der Waals surface area contributed by atoms with E-state index >= 15 is 0 Å². The summed E-state index contributed by atoms with van der Waals surface area (Å²) in [5.74, 6) is 0. The summed E-state index contributed by atoms with van der Waals surface area (Å²) in [5.41, 5.74) is 5.22. The fraction of sp³-hybridized carbons (Fsp3) is 0.500. The van der Waals surface area contributed by atoms with Gasteiger partial charge in [-0.1, -0.05) is 13.8 Å². The van der Waals surface area contributed by atoms with Crippen LogP contribution in [0.4, 0.5) is 0 Å². The lowest BCUT2D eigenvalue weighted by molar-refractivity contribution is 0.705. The molecule has 0 unspecified atom stereocenters. The molecule has 0 aliphatic rings. The number of thiophene rings is 1. The first kappa shape index (κ1) is 13.3. The van der Waals surface area contributed by atoms with Crippen LogP contribution in [0.2, 0.25) is 0 Å². The van der Waals surface area contributed by atoms with Gasteiger partial charge in [-0.25, -0.2) is 0 Å². The van der Waals surface area contributed by atoms with E-state index in [1.807, 2.05) is 30.1 Å². The number of rotatable bonds is 5. The van der Waals surface area contributed by atoms with Crippen molar-refractivity contribution in [2.45, 2.75) is 33.2 Å². The first-order valence-electron chi connectivity index (χ1n) is 6.48. The fourth-order valence-electron chi connectivity index (χ4n) is 2.38. The van der Waals surface area contributed by atoms with Crippen LogP contribution in [0.5, 0.6) is 0 Å². The third-order valence-corrected chi connectivity index (χ3v) is 4.14. The van der Waals surface area contributed by atoms with E-state index in [0.717, 1.165) is 19.4 Å². The van der Waals surface area contributed by atoms with Crippen molar-refractivity contribution >= 4 is 11.3 Å². The second-order valence-corrected chi connectivity index (χ2v) is 5.43. The Kier molecular flexibility index (Phi) is 4.19. The van der Waals surface area contributed by atoms with Crippen LogP contribution in [0.15, 0.2) is 11.4 Å². The van der Waals surface area contributed by atoms with Crippen molar-refractivity contribution in [1.82, 2.24) is 15.1 Å². The molecule has 1 N–H and O–H groups in total. The third-order valence-electron chi connectivity index (χ3n) is 3.20. The number of hydrogen-bond acceptors (Lipinski definition) is 3. The predicted octanol–water partition coefficient (Wildman–Crippen LogP) is 2.99. The zero-order chi connectivity index (χ0) is 13.1. The third kappa shape index (κ3) is 2.35. The van der Waals surface area contributed by atoms with Gasteiger partial charge < -0.3 is 5.32 Å². The maximum atomic E-state index is 4.64. The van der Waals surface area contributed by atoms with Gasteiger partial charge in [0.25, 0.3) is 0 Å². The van der Waals surface area contributed by atoms with E-state index in [9.17, 15) is 0 Å². The van der Waals surface area contributed by atoms with Gasteiger partial charge in [0.1, 0.15) is 0 Å². The Labute approximate surface area is 113 Å². The maximum Gasteiger partial charge on any atom is 0.0703 e. The zero-order valence-corrected chi connectivity index (χ0v) is 12.4. The van der Waals surface area contributed by atoms with Crippen molar-refractivity contribution in [2.24, 2.45) is 7.05 Å². The van der Waals surface area contributed by atoms with Crippen LogP contribution in [0.1, 0.15) is 30.1 Å². The number of nitrogens with one attached hydrogen (secondary N) is 1.